The molecule has 1 atom stereocenters. The van der Waals surface area contributed by atoms with Crippen LogP contribution >= 0.6 is 0 Å². The highest BCUT2D eigenvalue weighted by Crippen LogP contribution is 2.28. The lowest BCUT2D eigenvalue weighted by Gasteiger charge is -2.38. The summed E-state index contributed by atoms with van der Waals surface area (Å²) < 4.78 is 68.9. The van der Waals surface area contributed by atoms with Crippen LogP contribution in [0, 0.1) is 5.82 Å². The normalized spacial score (nSPS) is 14.4. The number of benzene rings is 4. The molecule has 0 saturated carbocycles. The number of halogens is 1. The molecular weight excluding hydrogens is 718 g/mol. The topological polar surface area (TPSA) is 150 Å². The van der Waals surface area contributed by atoms with Gasteiger partial charge in [-0.3, -0.25) is 10.1 Å². The number of sulfone groups is 2. The minimum absolute atomic E-state index is 0.0798. The maximum Gasteiger partial charge on any atom is 0.240 e. The highest BCUT2D eigenvalue weighted by Gasteiger charge is 2.31. The molecule has 6 aromatic rings. The van der Waals surface area contributed by atoms with E-state index in [2.05, 4.69) is 15.3 Å². The minimum atomic E-state index is -4.07. The van der Waals surface area contributed by atoms with Crippen molar-refractivity contribution in [3.8, 4) is 5.75 Å². The number of aromatic hydroxyl groups is 1. The first-order valence-corrected chi connectivity index (χ1v) is 20.3. The van der Waals surface area contributed by atoms with Crippen LogP contribution in [-0.2, 0) is 36.6 Å². The van der Waals surface area contributed by atoms with Gasteiger partial charge in [-0.15, -0.1) is 0 Å². The Morgan fingerprint density at radius 3 is 1.94 bits per heavy atom. The summed E-state index contributed by atoms with van der Waals surface area (Å²) in [5.41, 5.74) is 1.50. The molecule has 272 valence electrons. The van der Waals surface area contributed by atoms with Crippen LogP contribution in [0.2, 0.25) is 0 Å². The van der Waals surface area contributed by atoms with Crippen LogP contribution in [0.1, 0.15) is 11.1 Å². The van der Waals surface area contributed by atoms with Crippen LogP contribution in [-0.4, -0.2) is 80.8 Å². The first-order valence-electron chi connectivity index (χ1n) is 16.9. The molecule has 7 rings (SSSR count). The predicted octanol–water partition coefficient (Wildman–Crippen LogP) is 4.88. The van der Waals surface area contributed by atoms with E-state index in [4.69, 9.17) is 0 Å². The number of fused-ring (bicyclic) bond motifs is 2. The summed E-state index contributed by atoms with van der Waals surface area (Å²) in [5, 5.41) is 15.5. The van der Waals surface area contributed by atoms with E-state index in [-0.39, 0.29) is 39.5 Å². The van der Waals surface area contributed by atoms with Crippen molar-refractivity contribution >= 4 is 52.8 Å². The number of carbonyl (C=O) groups is 1. The summed E-state index contributed by atoms with van der Waals surface area (Å²) in [6.45, 7) is 1.55. The molecule has 11 nitrogen and oxygen atoms in total. The third kappa shape index (κ3) is 7.84. The van der Waals surface area contributed by atoms with Gasteiger partial charge in [-0.25, -0.2) is 31.2 Å². The molecule has 3 heterocycles. The predicted molar refractivity (Wildman–Crippen MR) is 200 cm³/mol. The first-order chi connectivity index (χ1) is 25.5. The third-order valence-corrected chi connectivity index (χ3v) is 12.5. The lowest BCUT2D eigenvalue weighted by atomic mass is 9.99. The number of nitrogens with one attached hydrogen (secondary N) is 1. The Balaban J connectivity index is 1.18. The van der Waals surface area contributed by atoms with E-state index in [9.17, 15) is 31.1 Å². The molecule has 1 aliphatic rings. The van der Waals surface area contributed by atoms with E-state index in [1.807, 2.05) is 4.90 Å². The molecule has 53 heavy (non-hydrogen) atoms. The zero-order chi connectivity index (χ0) is 37.2. The first kappa shape index (κ1) is 35.9. The number of pyridine rings is 2. The van der Waals surface area contributed by atoms with Crippen molar-refractivity contribution in [3.05, 3.63) is 132 Å². The molecule has 0 bridgehead atoms. The minimum Gasteiger partial charge on any atom is -0.508 e. The van der Waals surface area contributed by atoms with Crippen LogP contribution in [0.5, 0.6) is 5.75 Å². The number of anilines is 1. The highest BCUT2D eigenvalue weighted by molar-refractivity contribution is 7.91. The summed E-state index contributed by atoms with van der Waals surface area (Å²) in [6, 6.07) is 26.7. The number of amides is 1. The van der Waals surface area contributed by atoms with Crippen molar-refractivity contribution in [2.45, 2.75) is 28.3 Å². The molecule has 1 saturated heterocycles. The number of nitrogens with zero attached hydrogens (tertiary/aromatic N) is 4. The van der Waals surface area contributed by atoms with E-state index in [0.717, 1.165) is 5.69 Å². The zero-order valence-corrected chi connectivity index (χ0v) is 30.1. The number of phenols is 1. The second-order valence-electron chi connectivity index (χ2n) is 12.9. The van der Waals surface area contributed by atoms with Crippen LogP contribution in [0.25, 0.3) is 21.5 Å². The number of phenolic OH excluding ortho intramolecular Hbond substituents is 1. The summed E-state index contributed by atoms with van der Waals surface area (Å²) in [4.78, 5) is 26.3. The van der Waals surface area contributed by atoms with Gasteiger partial charge in [-0.05, 0) is 76.9 Å². The molecule has 0 aliphatic carbocycles. The average Bonchev–Trinajstić information content (AvgIpc) is 3.16. The van der Waals surface area contributed by atoms with Crippen molar-refractivity contribution in [3.63, 3.8) is 0 Å². The van der Waals surface area contributed by atoms with Gasteiger partial charge >= 0.3 is 0 Å². The molecule has 2 aromatic heterocycles. The van der Waals surface area contributed by atoms with Gasteiger partial charge < -0.3 is 14.9 Å². The number of hydrogen-bond donors (Lipinski definition) is 2. The standard InChI is InChI=1S/C39H36FN5O6S2/c40-31-10-12-32(13-11-31)44-19-21-45(22-20-44)39(47)36(43-26-53(50,51)38-35-8-4-2-6-28(35)16-18-42-38)24-29-9-14-33(46)23-30(29)25-52(48,49)37-34-7-3-1-5-27(34)15-17-41-37/h1-18,23,36,43,46H,19-22,24-26H2/t36-/m0/s1. The van der Waals surface area contributed by atoms with Crippen molar-refractivity contribution in [2.24, 2.45) is 0 Å². The lowest BCUT2D eigenvalue weighted by Crippen LogP contribution is -2.55. The number of piperazine rings is 1. The van der Waals surface area contributed by atoms with Gasteiger partial charge in [-0.1, -0.05) is 54.6 Å². The SMILES string of the molecule is O=C([C@H](Cc1ccc(O)cc1CS(=O)(=O)c1nccc2ccccc12)NCS(=O)(=O)c1nccc2ccccc12)N1CCN(c2ccc(F)cc2)CC1. The van der Waals surface area contributed by atoms with Gasteiger partial charge in [0.25, 0.3) is 0 Å². The van der Waals surface area contributed by atoms with Crippen molar-refractivity contribution in [1.29, 1.82) is 0 Å². The van der Waals surface area contributed by atoms with Crippen LogP contribution < -0.4 is 10.2 Å². The Kier molecular flexibility index (Phi) is 10.1. The molecule has 1 fully saturated rings. The van der Waals surface area contributed by atoms with Gasteiger partial charge in [0.05, 0.1) is 11.8 Å². The number of rotatable bonds is 11. The molecule has 2 N–H and O–H groups in total. The Morgan fingerprint density at radius 2 is 1.32 bits per heavy atom. The van der Waals surface area contributed by atoms with Gasteiger partial charge in [-0.2, -0.15) is 0 Å². The number of aromatic nitrogens is 2. The summed E-state index contributed by atoms with van der Waals surface area (Å²) >= 11 is 0. The van der Waals surface area contributed by atoms with Gasteiger partial charge in [0.1, 0.15) is 17.4 Å². The molecule has 0 radical (unpaired) electrons. The Labute approximate surface area is 306 Å². The molecule has 14 heteroatoms. The maximum absolute atomic E-state index is 14.3. The van der Waals surface area contributed by atoms with Crippen LogP contribution in [0.3, 0.4) is 0 Å². The second-order valence-corrected chi connectivity index (χ2v) is 16.7. The molecular formula is C39H36FN5O6S2. The summed E-state index contributed by atoms with van der Waals surface area (Å²) in [7, 11) is -8.12. The summed E-state index contributed by atoms with van der Waals surface area (Å²) in [6.07, 6.45) is 2.77. The van der Waals surface area contributed by atoms with Gasteiger partial charge in [0, 0.05) is 55.0 Å². The van der Waals surface area contributed by atoms with Gasteiger partial charge in [0.15, 0.2) is 19.9 Å². The van der Waals surface area contributed by atoms with Crippen molar-refractivity contribution in [2.75, 3.05) is 37.0 Å². The van der Waals surface area contributed by atoms with Crippen LogP contribution in [0.4, 0.5) is 10.1 Å². The Morgan fingerprint density at radius 1 is 0.736 bits per heavy atom. The fourth-order valence-electron chi connectivity index (χ4n) is 6.70. The van der Waals surface area contributed by atoms with Crippen LogP contribution in [0.15, 0.2) is 126 Å². The number of carbonyl (C=O) groups excluding carboxylic acids is 1. The molecule has 1 aliphatic heterocycles. The fraction of sp³-hybridized carbons (Fsp3) is 0.205. The average molecular weight is 754 g/mol. The molecule has 1 amide bonds. The quantitative estimate of drug-likeness (QED) is 0.188. The van der Waals surface area contributed by atoms with E-state index in [1.165, 1.54) is 36.7 Å². The van der Waals surface area contributed by atoms with Crippen molar-refractivity contribution < 1.29 is 31.1 Å². The molecule has 0 unspecified atom stereocenters. The lowest BCUT2D eigenvalue weighted by molar-refractivity contribution is -0.133. The van der Waals surface area contributed by atoms with E-state index in [0.29, 0.717) is 53.3 Å². The highest BCUT2D eigenvalue weighted by atomic mass is 32.2. The van der Waals surface area contributed by atoms with Gasteiger partial charge in [0.2, 0.25) is 15.7 Å². The van der Waals surface area contributed by atoms with E-state index in [1.54, 1.807) is 83.8 Å². The monoisotopic (exact) mass is 753 g/mol. The second kappa shape index (κ2) is 14.9. The van der Waals surface area contributed by atoms with Crippen molar-refractivity contribution in [1.82, 2.24) is 20.2 Å². The fourth-order valence-corrected chi connectivity index (χ4v) is 9.56. The number of hydrogen-bond acceptors (Lipinski definition) is 10. The largest absolute Gasteiger partial charge is 0.508 e. The van der Waals surface area contributed by atoms with E-state index < -0.39 is 37.3 Å². The summed E-state index contributed by atoms with van der Waals surface area (Å²) in [5.74, 6) is -2.02. The Bertz CT molecular complexity index is 2520. The maximum atomic E-state index is 14.3. The molecule has 0 spiro atoms. The Hall–Kier alpha value is -5.44. The smallest absolute Gasteiger partial charge is 0.240 e. The molecule has 4 aromatic carbocycles. The third-order valence-electron chi connectivity index (χ3n) is 9.42. The zero-order valence-electron chi connectivity index (χ0n) is 28.5. The van der Waals surface area contributed by atoms with E-state index >= 15 is 0 Å².